The SMILES string of the molecule is C[C@@H](c1ccccc1)N(C)C[C@H]1C[C@@H](c2ccc(CO)cc2)O[C@@H](c2cccc(N)c2)O1. The van der Waals surface area contributed by atoms with E-state index in [1.165, 1.54) is 5.56 Å². The van der Waals surface area contributed by atoms with Gasteiger partial charge in [-0.05, 0) is 42.8 Å². The fourth-order valence-corrected chi connectivity index (χ4v) is 4.20. The normalized spacial score (nSPS) is 22.1. The lowest BCUT2D eigenvalue weighted by molar-refractivity contribution is -0.253. The predicted octanol–water partition coefficient (Wildman–Crippen LogP) is 5.00. The zero-order chi connectivity index (χ0) is 22.5. The van der Waals surface area contributed by atoms with E-state index in [-0.39, 0.29) is 24.9 Å². The van der Waals surface area contributed by atoms with Crippen LogP contribution in [0.25, 0.3) is 0 Å². The summed E-state index contributed by atoms with van der Waals surface area (Å²) in [6, 6.07) is 26.4. The minimum atomic E-state index is -0.486. The van der Waals surface area contributed by atoms with Gasteiger partial charge in [0.25, 0.3) is 0 Å². The summed E-state index contributed by atoms with van der Waals surface area (Å²) >= 11 is 0. The second-order valence-corrected chi connectivity index (χ2v) is 8.55. The smallest absolute Gasteiger partial charge is 0.185 e. The molecular formula is C27H32N2O3. The Morgan fingerprint density at radius 3 is 2.41 bits per heavy atom. The Labute approximate surface area is 190 Å². The second-order valence-electron chi connectivity index (χ2n) is 8.55. The highest BCUT2D eigenvalue weighted by atomic mass is 16.7. The number of hydrogen-bond acceptors (Lipinski definition) is 5. The molecule has 0 bridgehead atoms. The van der Waals surface area contributed by atoms with Crippen LogP contribution in [-0.4, -0.2) is 29.7 Å². The van der Waals surface area contributed by atoms with Crippen LogP contribution in [0.1, 0.15) is 54.0 Å². The minimum Gasteiger partial charge on any atom is -0.399 e. The molecule has 4 atom stereocenters. The zero-order valence-electron chi connectivity index (χ0n) is 18.7. The quantitative estimate of drug-likeness (QED) is 0.514. The molecule has 0 unspecified atom stereocenters. The van der Waals surface area contributed by atoms with Gasteiger partial charge in [-0.1, -0.05) is 66.7 Å². The lowest BCUT2D eigenvalue weighted by Gasteiger charge is -2.39. The molecule has 1 saturated heterocycles. The number of hydrogen-bond donors (Lipinski definition) is 2. The van der Waals surface area contributed by atoms with Crippen LogP contribution in [0.4, 0.5) is 5.69 Å². The van der Waals surface area contributed by atoms with Gasteiger partial charge >= 0.3 is 0 Å². The van der Waals surface area contributed by atoms with Crippen LogP contribution in [0.5, 0.6) is 0 Å². The second kappa shape index (κ2) is 10.3. The fourth-order valence-electron chi connectivity index (χ4n) is 4.20. The molecule has 3 aromatic carbocycles. The molecule has 3 aromatic rings. The van der Waals surface area contributed by atoms with Crippen molar-refractivity contribution in [2.24, 2.45) is 0 Å². The summed E-state index contributed by atoms with van der Waals surface area (Å²) in [7, 11) is 2.14. The number of anilines is 1. The van der Waals surface area contributed by atoms with Crippen molar-refractivity contribution in [3.05, 3.63) is 101 Å². The summed E-state index contributed by atoms with van der Waals surface area (Å²) in [5.41, 5.74) is 10.9. The largest absolute Gasteiger partial charge is 0.399 e. The molecule has 0 aromatic heterocycles. The van der Waals surface area contributed by atoms with Crippen molar-refractivity contribution in [1.82, 2.24) is 4.90 Å². The molecule has 0 aliphatic carbocycles. The van der Waals surface area contributed by atoms with Crippen LogP contribution in [0.3, 0.4) is 0 Å². The van der Waals surface area contributed by atoms with E-state index >= 15 is 0 Å². The lowest BCUT2D eigenvalue weighted by Crippen LogP contribution is -2.38. The number of aliphatic hydroxyl groups is 1. The Hall–Kier alpha value is -2.70. The molecule has 0 radical (unpaired) electrons. The third kappa shape index (κ3) is 5.37. The summed E-state index contributed by atoms with van der Waals surface area (Å²) in [6.07, 6.45) is 0.158. The molecule has 4 rings (SSSR count). The van der Waals surface area contributed by atoms with E-state index in [4.69, 9.17) is 15.2 Å². The Morgan fingerprint density at radius 1 is 0.969 bits per heavy atom. The van der Waals surface area contributed by atoms with Gasteiger partial charge in [0, 0.05) is 30.3 Å². The van der Waals surface area contributed by atoms with E-state index in [2.05, 4.69) is 43.1 Å². The molecular weight excluding hydrogens is 400 g/mol. The van der Waals surface area contributed by atoms with E-state index in [0.29, 0.717) is 5.69 Å². The van der Waals surface area contributed by atoms with Crippen LogP contribution in [0.2, 0.25) is 0 Å². The van der Waals surface area contributed by atoms with E-state index in [1.807, 2.05) is 54.6 Å². The van der Waals surface area contributed by atoms with E-state index in [0.717, 1.165) is 29.7 Å². The van der Waals surface area contributed by atoms with Crippen LogP contribution >= 0.6 is 0 Å². The standard InChI is InChI=1S/C27H32N2O3/c1-19(21-7-4-3-5-8-21)29(2)17-25-16-26(22-13-11-20(18-30)12-14-22)32-27(31-25)23-9-6-10-24(28)15-23/h3-15,19,25-27,30H,16-18,28H2,1-2H3/t19-,25+,26-,27-/m0/s1. The van der Waals surface area contributed by atoms with Crippen LogP contribution in [0, 0.1) is 0 Å². The molecule has 5 nitrogen and oxygen atoms in total. The number of rotatable bonds is 7. The number of benzene rings is 3. The predicted molar refractivity (Wildman–Crippen MR) is 127 cm³/mol. The molecule has 1 aliphatic heterocycles. The van der Waals surface area contributed by atoms with Gasteiger partial charge in [-0.2, -0.15) is 0 Å². The zero-order valence-corrected chi connectivity index (χ0v) is 18.7. The number of nitrogens with two attached hydrogens (primary N) is 1. The molecule has 1 fully saturated rings. The first kappa shape index (κ1) is 22.5. The Morgan fingerprint density at radius 2 is 1.72 bits per heavy atom. The average Bonchev–Trinajstić information content (AvgIpc) is 2.84. The Balaban J connectivity index is 1.54. The van der Waals surface area contributed by atoms with Gasteiger partial charge in [-0.25, -0.2) is 0 Å². The maximum Gasteiger partial charge on any atom is 0.185 e. The molecule has 3 N–H and O–H groups in total. The van der Waals surface area contributed by atoms with E-state index < -0.39 is 6.29 Å². The first-order valence-electron chi connectivity index (χ1n) is 11.1. The average molecular weight is 433 g/mol. The lowest BCUT2D eigenvalue weighted by atomic mass is 9.99. The highest BCUT2D eigenvalue weighted by Gasteiger charge is 2.33. The molecule has 32 heavy (non-hydrogen) atoms. The van der Waals surface area contributed by atoms with E-state index in [9.17, 15) is 5.11 Å². The number of nitrogens with zero attached hydrogens (tertiary/aromatic N) is 1. The van der Waals surface area contributed by atoms with Gasteiger partial charge in [0.2, 0.25) is 0 Å². The number of ether oxygens (including phenoxy) is 2. The first-order valence-corrected chi connectivity index (χ1v) is 11.1. The van der Waals surface area contributed by atoms with Crippen LogP contribution in [-0.2, 0) is 16.1 Å². The Bertz CT molecular complexity index is 993. The molecule has 168 valence electrons. The van der Waals surface area contributed by atoms with Gasteiger partial charge in [-0.15, -0.1) is 0 Å². The summed E-state index contributed by atoms with van der Waals surface area (Å²) in [5.74, 6) is 0. The van der Waals surface area contributed by atoms with Gasteiger partial charge in [-0.3, -0.25) is 4.90 Å². The maximum atomic E-state index is 9.37. The van der Waals surface area contributed by atoms with Crippen molar-refractivity contribution in [3.8, 4) is 0 Å². The minimum absolute atomic E-state index is 0.00568. The fraction of sp³-hybridized carbons (Fsp3) is 0.333. The third-order valence-corrected chi connectivity index (χ3v) is 6.23. The highest BCUT2D eigenvalue weighted by molar-refractivity contribution is 5.41. The van der Waals surface area contributed by atoms with Crippen molar-refractivity contribution in [2.45, 2.75) is 44.5 Å². The summed E-state index contributed by atoms with van der Waals surface area (Å²) in [4.78, 5) is 2.33. The van der Waals surface area contributed by atoms with Crippen molar-refractivity contribution in [3.63, 3.8) is 0 Å². The van der Waals surface area contributed by atoms with Crippen molar-refractivity contribution in [2.75, 3.05) is 19.3 Å². The van der Waals surface area contributed by atoms with E-state index in [1.54, 1.807) is 0 Å². The van der Waals surface area contributed by atoms with Gasteiger partial charge in [0.15, 0.2) is 6.29 Å². The molecule has 5 heteroatoms. The number of likely N-dealkylation sites (N-methyl/N-ethyl adjacent to an activating group) is 1. The van der Waals surface area contributed by atoms with Crippen LogP contribution < -0.4 is 5.73 Å². The van der Waals surface area contributed by atoms with Crippen LogP contribution in [0.15, 0.2) is 78.9 Å². The first-order chi connectivity index (χ1) is 15.5. The van der Waals surface area contributed by atoms with Crippen molar-refractivity contribution < 1.29 is 14.6 Å². The Kier molecular flexibility index (Phi) is 7.22. The molecule has 0 amide bonds. The highest BCUT2D eigenvalue weighted by Crippen LogP contribution is 2.38. The van der Waals surface area contributed by atoms with Gasteiger partial charge in [0.05, 0.1) is 18.8 Å². The summed E-state index contributed by atoms with van der Waals surface area (Å²) in [5, 5.41) is 9.37. The number of aliphatic hydroxyl groups excluding tert-OH is 1. The molecule has 1 heterocycles. The van der Waals surface area contributed by atoms with Crippen molar-refractivity contribution in [1.29, 1.82) is 0 Å². The summed E-state index contributed by atoms with van der Waals surface area (Å²) in [6.45, 7) is 3.03. The molecule has 0 spiro atoms. The monoisotopic (exact) mass is 432 g/mol. The molecule has 0 saturated carbocycles. The van der Waals surface area contributed by atoms with Crippen molar-refractivity contribution >= 4 is 5.69 Å². The number of nitrogen functional groups attached to an aromatic ring is 1. The third-order valence-electron chi connectivity index (χ3n) is 6.23. The topological polar surface area (TPSA) is 68.0 Å². The molecule has 1 aliphatic rings. The van der Waals surface area contributed by atoms with Gasteiger partial charge in [0.1, 0.15) is 0 Å². The summed E-state index contributed by atoms with van der Waals surface area (Å²) < 4.78 is 12.8. The van der Waals surface area contributed by atoms with Gasteiger partial charge < -0.3 is 20.3 Å². The maximum absolute atomic E-state index is 9.37.